The van der Waals surface area contributed by atoms with Crippen molar-refractivity contribution in [2.24, 2.45) is 11.8 Å². The van der Waals surface area contributed by atoms with Crippen LogP contribution in [0.15, 0.2) is 60.8 Å². The number of piperidine rings is 1. The Bertz CT molecular complexity index is 1450. The van der Waals surface area contributed by atoms with E-state index in [0.717, 1.165) is 30.6 Å². The van der Waals surface area contributed by atoms with Gasteiger partial charge in [-0.15, -0.1) is 5.10 Å². The van der Waals surface area contributed by atoms with Crippen LogP contribution in [0, 0.1) is 11.8 Å². The molecule has 1 aromatic heterocycles. The minimum atomic E-state index is -1.77. The molecule has 0 aliphatic carbocycles. The van der Waals surface area contributed by atoms with Gasteiger partial charge in [0.2, 0.25) is 5.91 Å². The number of ether oxygens (including phenoxy) is 1. The maximum Gasteiger partial charge on any atom is 0.264 e. The van der Waals surface area contributed by atoms with Crippen LogP contribution in [0.5, 0.6) is 5.75 Å². The lowest BCUT2D eigenvalue weighted by atomic mass is 9.83. The number of carbonyl (C=O) groups is 2. The summed E-state index contributed by atoms with van der Waals surface area (Å²) in [5.74, 6) is -0.396. The summed E-state index contributed by atoms with van der Waals surface area (Å²) in [7, 11) is 1.56. The maximum absolute atomic E-state index is 13.9. The number of aryl methyl sites for hydroxylation is 1. The van der Waals surface area contributed by atoms with Gasteiger partial charge >= 0.3 is 0 Å². The fourth-order valence-electron chi connectivity index (χ4n) is 5.73. The van der Waals surface area contributed by atoms with Gasteiger partial charge in [-0.2, -0.15) is 0 Å². The number of fused-ring (bicyclic) bond motifs is 1. The summed E-state index contributed by atoms with van der Waals surface area (Å²) in [6.07, 6.45) is 8.55. The second kappa shape index (κ2) is 13.5. The van der Waals surface area contributed by atoms with Crippen LogP contribution in [-0.4, -0.2) is 63.8 Å². The number of anilines is 2. The van der Waals surface area contributed by atoms with Crippen LogP contribution in [0.3, 0.4) is 0 Å². The number of hydrogen-bond acceptors (Lipinski definition) is 8. The third-order valence-corrected chi connectivity index (χ3v) is 8.27. The summed E-state index contributed by atoms with van der Waals surface area (Å²) in [5, 5.41) is 35.4. The van der Waals surface area contributed by atoms with E-state index in [1.807, 2.05) is 49.4 Å². The Balaban J connectivity index is 1.28. The van der Waals surface area contributed by atoms with Crippen LogP contribution in [0.1, 0.15) is 43.0 Å². The van der Waals surface area contributed by atoms with E-state index < -0.39 is 17.4 Å². The van der Waals surface area contributed by atoms with E-state index in [0.29, 0.717) is 48.6 Å². The number of benzene rings is 2. The molecule has 2 aliphatic heterocycles. The molecule has 4 N–H and O–H groups in total. The van der Waals surface area contributed by atoms with Crippen LogP contribution in [0.25, 0.3) is 0 Å². The highest BCUT2D eigenvalue weighted by molar-refractivity contribution is 6.07. The average molecular weight is 589 g/mol. The van der Waals surface area contributed by atoms with E-state index >= 15 is 0 Å². The van der Waals surface area contributed by atoms with Gasteiger partial charge < -0.3 is 30.5 Å². The first kappa shape index (κ1) is 30.4. The standard InChI is InChI=1S/C32H40N6O5/c1-22(6-3-4-16-37-21-26(14-17-39)35-36-37)32(42)28-18-27(43-2)12-13-29(28)38(31(32)41)20-23-8-10-25(11-9-23)34-30(40)24-7-5-15-33-19-24/h3,6,8-13,18,21-22,24,33,39,42H,4-5,7,14-17,19-20H2,1-2H3,(H,34,40)/b6-3+/t22-,24?,32+/m1/s1. The molecule has 2 aromatic carbocycles. The van der Waals surface area contributed by atoms with Gasteiger partial charge in [0.15, 0.2) is 5.60 Å². The third-order valence-electron chi connectivity index (χ3n) is 8.27. The molecule has 2 aliphatic rings. The van der Waals surface area contributed by atoms with Gasteiger partial charge in [-0.1, -0.05) is 36.4 Å². The first-order chi connectivity index (χ1) is 20.8. The molecular formula is C32H40N6O5. The number of carbonyl (C=O) groups excluding carboxylic acids is 2. The molecule has 3 heterocycles. The number of methoxy groups -OCH3 is 1. The SMILES string of the molecule is COc1ccc2c(c1)[C@@](O)([C@H](C)/C=C/CCn1cc(CCO)nn1)C(=O)N2Cc1ccc(NC(=O)C2CCCNC2)cc1. The Hall–Kier alpha value is -4.06. The van der Waals surface area contributed by atoms with Crippen LogP contribution in [0.2, 0.25) is 0 Å². The number of amides is 2. The molecule has 3 atom stereocenters. The monoisotopic (exact) mass is 588 g/mol. The molecule has 0 radical (unpaired) electrons. The number of rotatable bonds is 12. The van der Waals surface area contributed by atoms with Gasteiger partial charge in [0.25, 0.3) is 5.91 Å². The van der Waals surface area contributed by atoms with E-state index in [-0.39, 0.29) is 25.0 Å². The predicted molar refractivity (Wildman–Crippen MR) is 162 cm³/mol. The molecule has 11 nitrogen and oxygen atoms in total. The van der Waals surface area contributed by atoms with E-state index in [9.17, 15) is 14.7 Å². The van der Waals surface area contributed by atoms with Crippen LogP contribution < -0.4 is 20.3 Å². The van der Waals surface area contributed by atoms with Gasteiger partial charge in [0.1, 0.15) is 5.75 Å². The van der Waals surface area contributed by atoms with E-state index in [1.54, 1.807) is 35.0 Å². The lowest BCUT2D eigenvalue weighted by Crippen LogP contribution is -2.44. The number of aliphatic hydroxyl groups excluding tert-OH is 1. The topological polar surface area (TPSA) is 142 Å². The lowest BCUT2D eigenvalue weighted by Gasteiger charge is -2.28. The summed E-state index contributed by atoms with van der Waals surface area (Å²) in [5.41, 5.74) is 1.67. The Morgan fingerprint density at radius 2 is 2.09 bits per heavy atom. The third kappa shape index (κ3) is 6.64. The van der Waals surface area contributed by atoms with Gasteiger partial charge in [-0.05, 0) is 61.7 Å². The second-order valence-corrected chi connectivity index (χ2v) is 11.2. The number of allylic oxidation sites excluding steroid dienone is 1. The quantitative estimate of drug-likeness (QED) is 0.237. The molecule has 0 saturated carbocycles. The lowest BCUT2D eigenvalue weighted by molar-refractivity contribution is -0.139. The molecule has 0 bridgehead atoms. The smallest absolute Gasteiger partial charge is 0.264 e. The number of aromatic nitrogens is 3. The van der Waals surface area contributed by atoms with Crippen LogP contribution in [-0.2, 0) is 34.7 Å². The molecule has 1 fully saturated rings. The Labute approximate surface area is 251 Å². The van der Waals surface area contributed by atoms with Crippen molar-refractivity contribution in [2.75, 3.05) is 37.0 Å². The summed E-state index contributed by atoms with van der Waals surface area (Å²) < 4.78 is 7.14. The minimum absolute atomic E-state index is 0.0115. The molecule has 2 amide bonds. The largest absolute Gasteiger partial charge is 0.497 e. The number of aliphatic hydroxyl groups is 2. The Morgan fingerprint density at radius 3 is 2.81 bits per heavy atom. The van der Waals surface area contributed by atoms with Crippen LogP contribution in [0.4, 0.5) is 11.4 Å². The molecule has 43 heavy (non-hydrogen) atoms. The van der Waals surface area contributed by atoms with Crippen molar-refractivity contribution in [3.63, 3.8) is 0 Å². The fourth-order valence-corrected chi connectivity index (χ4v) is 5.73. The van der Waals surface area contributed by atoms with Gasteiger partial charge in [-0.25, -0.2) is 0 Å². The summed E-state index contributed by atoms with van der Waals surface area (Å²) in [6.45, 7) is 4.34. The van der Waals surface area contributed by atoms with Crippen molar-refractivity contribution in [1.82, 2.24) is 20.3 Å². The number of nitrogens with zero attached hydrogens (tertiary/aromatic N) is 4. The summed E-state index contributed by atoms with van der Waals surface area (Å²) in [6, 6.07) is 12.8. The van der Waals surface area contributed by atoms with Gasteiger partial charge in [0, 0.05) is 49.5 Å². The molecule has 0 spiro atoms. The first-order valence-corrected chi connectivity index (χ1v) is 14.8. The molecular weight excluding hydrogens is 548 g/mol. The fraction of sp³-hybridized carbons (Fsp3) is 0.438. The molecule has 228 valence electrons. The van der Waals surface area contributed by atoms with Gasteiger partial charge in [-0.3, -0.25) is 14.3 Å². The zero-order chi connectivity index (χ0) is 30.4. The summed E-state index contributed by atoms with van der Waals surface area (Å²) >= 11 is 0. The molecule has 1 saturated heterocycles. The normalized spacial score (nSPS) is 20.8. The second-order valence-electron chi connectivity index (χ2n) is 11.2. The number of hydrogen-bond donors (Lipinski definition) is 4. The molecule has 5 rings (SSSR count). The van der Waals surface area contributed by atoms with Crippen molar-refractivity contribution in [3.8, 4) is 5.75 Å². The maximum atomic E-state index is 13.9. The van der Waals surface area contributed by atoms with Crippen LogP contribution >= 0.6 is 0 Å². The van der Waals surface area contributed by atoms with Crippen molar-refractivity contribution < 1.29 is 24.5 Å². The average Bonchev–Trinajstić information content (AvgIpc) is 3.57. The highest BCUT2D eigenvalue weighted by atomic mass is 16.5. The Kier molecular flexibility index (Phi) is 9.54. The van der Waals surface area contributed by atoms with Crippen molar-refractivity contribution >= 4 is 23.2 Å². The van der Waals surface area contributed by atoms with E-state index in [2.05, 4.69) is 20.9 Å². The molecule has 1 unspecified atom stereocenters. The highest BCUT2D eigenvalue weighted by Crippen LogP contribution is 2.47. The van der Waals surface area contributed by atoms with Crippen molar-refractivity contribution in [1.29, 1.82) is 0 Å². The zero-order valence-corrected chi connectivity index (χ0v) is 24.7. The molecule has 3 aromatic rings. The number of nitrogens with one attached hydrogen (secondary N) is 2. The zero-order valence-electron chi connectivity index (χ0n) is 24.7. The predicted octanol–water partition coefficient (Wildman–Crippen LogP) is 2.78. The first-order valence-electron chi connectivity index (χ1n) is 14.8. The highest BCUT2D eigenvalue weighted by Gasteiger charge is 2.52. The Morgan fingerprint density at radius 1 is 1.28 bits per heavy atom. The van der Waals surface area contributed by atoms with E-state index in [1.165, 1.54) is 0 Å². The summed E-state index contributed by atoms with van der Waals surface area (Å²) in [4.78, 5) is 28.2. The van der Waals surface area contributed by atoms with Crippen molar-refractivity contribution in [2.45, 2.75) is 51.3 Å². The van der Waals surface area contributed by atoms with E-state index in [4.69, 9.17) is 9.84 Å². The van der Waals surface area contributed by atoms with Crippen molar-refractivity contribution in [3.05, 3.63) is 77.6 Å². The minimum Gasteiger partial charge on any atom is -0.497 e. The van der Waals surface area contributed by atoms with Gasteiger partial charge in [0.05, 0.1) is 31.0 Å². The molecule has 11 heteroatoms.